The molecule has 0 aromatic heterocycles. The lowest BCUT2D eigenvalue weighted by Gasteiger charge is -2.16. The van der Waals surface area contributed by atoms with E-state index in [1.54, 1.807) is 25.1 Å². The number of nitriles is 1. The molecular weight excluding hydrogens is 250 g/mol. The summed E-state index contributed by atoms with van der Waals surface area (Å²) < 4.78 is 0. The summed E-state index contributed by atoms with van der Waals surface area (Å²) in [5.41, 5.74) is 1.93. The van der Waals surface area contributed by atoms with Crippen molar-refractivity contribution in [3.8, 4) is 6.07 Å². The minimum atomic E-state index is -0.440. The first kappa shape index (κ1) is 13.6. The predicted octanol–water partition coefficient (Wildman–Crippen LogP) is 3.00. The van der Waals surface area contributed by atoms with Gasteiger partial charge < -0.3 is 10.6 Å². The van der Waals surface area contributed by atoms with Crippen LogP contribution >= 0.6 is 0 Å². The lowest BCUT2D eigenvalue weighted by molar-refractivity contribution is -0.116. The molecule has 2 rings (SSSR count). The van der Waals surface area contributed by atoms with Crippen LogP contribution < -0.4 is 10.6 Å². The number of benzene rings is 2. The standard InChI is InChI=1S/C16H15N3O/c1-12(16(20)19-14-8-3-2-4-9-14)18-15-10-6-5-7-13(15)11-17/h2-10,12,18H,1H3,(H,19,20). The van der Waals surface area contributed by atoms with Gasteiger partial charge in [-0.05, 0) is 31.2 Å². The van der Waals surface area contributed by atoms with E-state index >= 15 is 0 Å². The van der Waals surface area contributed by atoms with Crippen molar-refractivity contribution in [2.24, 2.45) is 0 Å². The lowest BCUT2D eigenvalue weighted by atomic mass is 10.1. The number of para-hydroxylation sites is 2. The van der Waals surface area contributed by atoms with Gasteiger partial charge in [-0.15, -0.1) is 0 Å². The molecule has 0 radical (unpaired) electrons. The highest BCUT2D eigenvalue weighted by Gasteiger charge is 2.14. The molecule has 2 aromatic rings. The quantitative estimate of drug-likeness (QED) is 0.893. The summed E-state index contributed by atoms with van der Waals surface area (Å²) >= 11 is 0. The van der Waals surface area contributed by atoms with Crippen molar-refractivity contribution < 1.29 is 4.79 Å². The van der Waals surface area contributed by atoms with Crippen molar-refractivity contribution >= 4 is 17.3 Å². The molecule has 2 N–H and O–H groups in total. The first-order chi connectivity index (χ1) is 9.70. The predicted molar refractivity (Wildman–Crippen MR) is 79.3 cm³/mol. The second kappa shape index (κ2) is 6.39. The minimum Gasteiger partial charge on any atom is -0.373 e. The van der Waals surface area contributed by atoms with Crippen LogP contribution in [0.4, 0.5) is 11.4 Å². The van der Waals surface area contributed by atoms with E-state index in [-0.39, 0.29) is 5.91 Å². The van der Waals surface area contributed by atoms with Crippen LogP contribution in [0.25, 0.3) is 0 Å². The fourth-order valence-corrected chi connectivity index (χ4v) is 1.78. The van der Waals surface area contributed by atoms with Gasteiger partial charge in [0.2, 0.25) is 5.91 Å². The van der Waals surface area contributed by atoms with Gasteiger partial charge in [-0.1, -0.05) is 30.3 Å². The van der Waals surface area contributed by atoms with Gasteiger partial charge in [0.15, 0.2) is 0 Å². The van der Waals surface area contributed by atoms with Crippen molar-refractivity contribution in [3.63, 3.8) is 0 Å². The SMILES string of the molecule is CC(Nc1ccccc1C#N)C(=O)Nc1ccccc1. The van der Waals surface area contributed by atoms with E-state index in [2.05, 4.69) is 16.7 Å². The van der Waals surface area contributed by atoms with Gasteiger partial charge in [0.25, 0.3) is 0 Å². The van der Waals surface area contributed by atoms with Crippen LogP contribution in [-0.4, -0.2) is 11.9 Å². The van der Waals surface area contributed by atoms with Crippen molar-refractivity contribution in [2.45, 2.75) is 13.0 Å². The van der Waals surface area contributed by atoms with Crippen LogP contribution in [0.15, 0.2) is 54.6 Å². The first-order valence-electron chi connectivity index (χ1n) is 6.32. The Balaban J connectivity index is 2.03. The highest BCUT2D eigenvalue weighted by molar-refractivity contribution is 5.96. The topological polar surface area (TPSA) is 64.9 Å². The molecule has 0 aliphatic heterocycles. The van der Waals surface area contributed by atoms with Gasteiger partial charge in [0.1, 0.15) is 12.1 Å². The smallest absolute Gasteiger partial charge is 0.246 e. The number of nitrogens with one attached hydrogen (secondary N) is 2. The monoisotopic (exact) mass is 265 g/mol. The molecule has 1 atom stereocenters. The summed E-state index contributed by atoms with van der Waals surface area (Å²) in [4.78, 5) is 12.1. The van der Waals surface area contributed by atoms with E-state index in [9.17, 15) is 4.79 Å². The van der Waals surface area contributed by atoms with E-state index < -0.39 is 6.04 Å². The first-order valence-corrected chi connectivity index (χ1v) is 6.32. The number of nitrogens with zero attached hydrogens (tertiary/aromatic N) is 1. The molecule has 0 fully saturated rings. The summed E-state index contributed by atoms with van der Waals surface area (Å²) in [5, 5.41) is 14.9. The minimum absolute atomic E-state index is 0.149. The molecule has 0 saturated carbocycles. The molecule has 4 heteroatoms. The fourth-order valence-electron chi connectivity index (χ4n) is 1.78. The second-order valence-electron chi connectivity index (χ2n) is 4.38. The van der Waals surface area contributed by atoms with E-state index in [1.807, 2.05) is 36.4 Å². The Bertz CT molecular complexity index is 632. The summed E-state index contributed by atoms with van der Waals surface area (Å²) in [7, 11) is 0. The van der Waals surface area contributed by atoms with Crippen LogP contribution in [0.1, 0.15) is 12.5 Å². The van der Waals surface area contributed by atoms with E-state index in [0.29, 0.717) is 11.3 Å². The number of hydrogen-bond acceptors (Lipinski definition) is 3. The van der Waals surface area contributed by atoms with Crippen molar-refractivity contribution in [3.05, 3.63) is 60.2 Å². The normalized spacial score (nSPS) is 11.2. The van der Waals surface area contributed by atoms with Gasteiger partial charge in [-0.25, -0.2) is 0 Å². The molecule has 0 saturated heterocycles. The molecule has 0 spiro atoms. The van der Waals surface area contributed by atoms with Crippen molar-refractivity contribution in [1.29, 1.82) is 5.26 Å². The molecule has 2 aromatic carbocycles. The summed E-state index contributed by atoms with van der Waals surface area (Å²) in [6.45, 7) is 1.76. The highest BCUT2D eigenvalue weighted by Crippen LogP contribution is 2.15. The highest BCUT2D eigenvalue weighted by atomic mass is 16.2. The maximum Gasteiger partial charge on any atom is 0.246 e. The Morgan fingerprint density at radius 2 is 1.75 bits per heavy atom. The molecule has 1 amide bonds. The van der Waals surface area contributed by atoms with Crippen LogP contribution in [0.3, 0.4) is 0 Å². The Hall–Kier alpha value is -2.80. The van der Waals surface area contributed by atoms with Gasteiger partial charge in [-0.3, -0.25) is 4.79 Å². The van der Waals surface area contributed by atoms with Crippen molar-refractivity contribution in [1.82, 2.24) is 0 Å². The zero-order valence-electron chi connectivity index (χ0n) is 11.1. The summed E-state index contributed by atoms with van der Waals surface area (Å²) in [6, 6.07) is 18.0. The summed E-state index contributed by atoms with van der Waals surface area (Å²) in [6.07, 6.45) is 0. The zero-order chi connectivity index (χ0) is 14.4. The van der Waals surface area contributed by atoms with Gasteiger partial charge >= 0.3 is 0 Å². The zero-order valence-corrected chi connectivity index (χ0v) is 11.1. The molecule has 0 bridgehead atoms. The van der Waals surface area contributed by atoms with Crippen LogP contribution in [-0.2, 0) is 4.79 Å². The Kier molecular flexibility index (Phi) is 4.35. The molecule has 0 aliphatic rings. The number of anilines is 2. The molecule has 100 valence electrons. The number of hydrogen-bond donors (Lipinski definition) is 2. The Morgan fingerprint density at radius 3 is 2.45 bits per heavy atom. The number of rotatable bonds is 4. The molecule has 0 aliphatic carbocycles. The van der Waals surface area contributed by atoms with Gasteiger partial charge in [0, 0.05) is 5.69 Å². The molecule has 0 heterocycles. The third-order valence-electron chi connectivity index (χ3n) is 2.85. The van der Waals surface area contributed by atoms with E-state index in [0.717, 1.165) is 5.69 Å². The number of amides is 1. The molecule has 4 nitrogen and oxygen atoms in total. The average molecular weight is 265 g/mol. The number of carbonyl (C=O) groups excluding carboxylic acids is 1. The maximum atomic E-state index is 12.1. The van der Waals surface area contributed by atoms with Crippen LogP contribution in [0.5, 0.6) is 0 Å². The van der Waals surface area contributed by atoms with E-state index in [1.165, 1.54) is 0 Å². The third-order valence-corrected chi connectivity index (χ3v) is 2.85. The third kappa shape index (κ3) is 3.36. The number of carbonyl (C=O) groups is 1. The molecule has 1 unspecified atom stereocenters. The fraction of sp³-hybridized carbons (Fsp3) is 0.125. The van der Waals surface area contributed by atoms with Gasteiger partial charge in [-0.2, -0.15) is 5.26 Å². The molecule has 20 heavy (non-hydrogen) atoms. The summed E-state index contributed by atoms with van der Waals surface area (Å²) in [5.74, 6) is -0.149. The Labute approximate surface area is 118 Å². The van der Waals surface area contributed by atoms with Crippen LogP contribution in [0, 0.1) is 11.3 Å². The maximum absolute atomic E-state index is 12.1. The Morgan fingerprint density at radius 1 is 1.10 bits per heavy atom. The largest absolute Gasteiger partial charge is 0.373 e. The second-order valence-corrected chi connectivity index (χ2v) is 4.38. The van der Waals surface area contributed by atoms with E-state index in [4.69, 9.17) is 5.26 Å². The average Bonchev–Trinajstić information content (AvgIpc) is 2.48. The molecular formula is C16H15N3O. The van der Waals surface area contributed by atoms with Crippen molar-refractivity contribution in [2.75, 3.05) is 10.6 Å². The lowest BCUT2D eigenvalue weighted by Crippen LogP contribution is -2.32. The van der Waals surface area contributed by atoms with Crippen LogP contribution in [0.2, 0.25) is 0 Å². The van der Waals surface area contributed by atoms with Gasteiger partial charge in [0.05, 0.1) is 11.3 Å².